The number of aryl methyl sites for hydroxylation is 2. The molecule has 1 N–H and O–H groups in total. The van der Waals surface area contributed by atoms with Crippen LogP contribution < -0.4 is 0 Å². The molecule has 0 fully saturated rings. The number of hydrogen-bond donors (Lipinski definition) is 1. The quantitative estimate of drug-likeness (QED) is 0.0895. The Labute approximate surface area is 320 Å². The first-order chi connectivity index (χ1) is 23.9. The molecular formula is C47H54IrNO2-. The average Bonchev–Trinajstić information content (AvgIpc) is 3.18. The number of aliphatic hydroxyl groups excluding tert-OH is 1. The van der Waals surface area contributed by atoms with Crippen molar-refractivity contribution in [3.05, 3.63) is 114 Å². The fourth-order valence-electron chi connectivity index (χ4n) is 7.41. The number of carbonyl (C=O) groups excluding carboxylic acids is 1. The second kappa shape index (κ2) is 17.1. The fourth-order valence-corrected chi connectivity index (χ4v) is 7.41. The monoisotopic (exact) mass is 857 g/mol. The fraction of sp³-hybridized carbons (Fsp3) is 0.362. The van der Waals surface area contributed by atoms with Gasteiger partial charge in [0.25, 0.3) is 0 Å². The van der Waals surface area contributed by atoms with Crippen LogP contribution in [-0.4, -0.2) is 15.9 Å². The summed E-state index contributed by atoms with van der Waals surface area (Å²) in [5.41, 5.74) is 13.6. The van der Waals surface area contributed by atoms with Crippen molar-refractivity contribution in [2.24, 2.45) is 17.3 Å². The molecule has 0 atom stereocenters. The van der Waals surface area contributed by atoms with Gasteiger partial charge in [-0.2, -0.15) is 0 Å². The van der Waals surface area contributed by atoms with Crippen molar-refractivity contribution >= 4 is 16.6 Å². The molecule has 3 nitrogen and oxygen atoms in total. The number of rotatable bonds is 9. The third-order valence-electron chi connectivity index (χ3n) is 10.0. The van der Waals surface area contributed by atoms with E-state index in [0.717, 1.165) is 48.9 Å². The largest absolute Gasteiger partial charge is 0.512 e. The Balaban J connectivity index is 0.000000312. The van der Waals surface area contributed by atoms with Gasteiger partial charge in [-0.1, -0.05) is 123 Å². The summed E-state index contributed by atoms with van der Waals surface area (Å²) in [6.45, 7) is 19.2. The zero-order chi connectivity index (χ0) is 36.2. The molecule has 5 aromatic rings. The maximum absolute atomic E-state index is 11.7. The van der Waals surface area contributed by atoms with E-state index in [4.69, 9.17) is 4.98 Å². The normalized spacial score (nSPS) is 12.1. The Morgan fingerprint density at radius 1 is 0.765 bits per heavy atom. The van der Waals surface area contributed by atoms with Gasteiger partial charge in [0.2, 0.25) is 0 Å². The number of pyridine rings is 1. The molecule has 1 aliphatic rings. The Morgan fingerprint density at radius 2 is 1.37 bits per heavy atom. The molecule has 0 aliphatic heterocycles. The Kier molecular flexibility index (Phi) is 13.4. The van der Waals surface area contributed by atoms with Gasteiger partial charge in [-0.25, -0.2) is 0 Å². The maximum atomic E-state index is 11.7. The minimum atomic E-state index is 0. The molecule has 269 valence electrons. The van der Waals surface area contributed by atoms with E-state index < -0.39 is 0 Å². The van der Waals surface area contributed by atoms with Gasteiger partial charge in [0.15, 0.2) is 5.78 Å². The Bertz CT molecular complexity index is 2000. The molecular weight excluding hydrogens is 803 g/mol. The molecule has 0 saturated carbocycles. The van der Waals surface area contributed by atoms with Crippen molar-refractivity contribution < 1.29 is 30.0 Å². The third kappa shape index (κ3) is 9.15. The summed E-state index contributed by atoms with van der Waals surface area (Å²) < 4.78 is 0. The summed E-state index contributed by atoms with van der Waals surface area (Å²) in [4.78, 5) is 16.7. The number of aromatic nitrogens is 1. The van der Waals surface area contributed by atoms with E-state index in [1.165, 1.54) is 61.4 Å². The van der Waals surface area contributed by atoms with Crippen molar-refractivity contribution in [2.75, 3.05) is 0 Å². The van der Waals surface area contributed by atoms with Crippen molar-refractivity contribution in [1.82, 2.24) is 4.98 Å². The number of carbonyl (C=O) groups is 1. The van der Waals surface area contributed by atoms with E-state index >= 15 is 0 Å². The zero-order valence-electron chi connectivity index (χ0n) is 31.9. The molecule has 4 heteroatoms. The summed E-state index contributed by atoms with van der Waals surface area (Å²) in [6.07, 6.45) is 8.02. The maximum Gasteiger partial charge on any atom is 0.162 e. The van der Waals surface area contributed by atoms with Gasteiger partial charge in [0, 0.05) is 49.8 Å². The smallest absolute Gasteiger partial charge is 0.162 e. The van der Waals surface area contributed by atoms with Crippen LogP contribution >= 0.6 is 0 Å². The average molecular weight is 857 g/mol. The minimum absolute atomic E-state index is 0. The van der Waals surface area contributed by atoms with E-state index in [2.05, 4.69) is 120 Å². The molecule has 51 heavy (non-hydrogen) atoms. The number of fused-ring (bicyclic) bond motifs is 5. The predicted octanol–water partition coefficient (Wildman–Crippen LogP) is 13.1. The number of ketones is 1. The van der Waals surface area contributed by atoms with E-state index in [9.17, 15) is 9.90 Å². The number of hydrogen-bond acceptors (Lipinski definition) is 3. The van der Waals surface area contributed by atoms with Crippen LogP contribution in [0.5, 0.6) is 0 Å². The first-order valence-electron chi connectivity index (χ1n) is 18.5. The van der Waals surface area contributed by atoms with Gasteiger partial charge in [0.05, 0.1) is 5.76 Å². The van der Waals surface area contributed by atoms with Crippen LogP contribution in [0.2, 0.25) is 0 Å². The molecule has 0 bridgehead atoms. The Hall–Kier alpha value is -3.85. The van der Waals surface area contributed by atoms with Crippen LogP contribution in [-0.2, 0) is 31.3 Å². The first kappa shape index (κ1) is 39.9. The number of benzene rings is 4. The van der Waals surface area contributed by atoms with E-state index in [-0.39, 0.29) is 48.9 Å². The summed E-state index contributed by atoms with van der Waals surface area (Å²) in [7, 11) is 0. The van der Waals surface area contributed by atoms with Gasteiger partial charge < -0.3 is 10.1 Å². The molecule has 1 aromatic heterocycles. The molecule has 6 rings (SSSR count). The van der Waals surface area contributed by atoms with Gasteiger partial charge in [-0.05, 0) is 87.4 Å². The van der Waals surface area contributed by atoms with Crippen molar-refractivity contribution in [3.63, 3.8) is 0 Å². The van der Waals surface area contributed by atoms with Crippen LogP contribution in [0.25, 0.3) is 55.4 Å². The van der Waals surface area contributed by atoms with E-state index in [1.807, 2.05) is 27.7 Å². The first-order valence-corrected chi connectivity index (χ1v) is 18.5. The van der Waals surface area contributed by atoms with Gasteiger partial charge >= 0.3 is 0 Å². The van der Waals surface area contributed by atoms with Crippen LogP contribution in [0, 0.1) is 37.2 Å². The molecule has 0 amide bonds. The summed E-state index contributed by atoms with van der Waals surface area (Å²) in [5, 5.41) is 12.3. The van der Waals surface area contributed by atoms with Gasteiger partial charge in [-0.3, -0.25) is 4.79 Å². The molecule has 0 saturated heterocycles. The summed E-state index contributed by atoms with van der Waals surface area (Å²) in [5.74, 6) is 0.547. The molecule has 1 aliphatic carbocycles. The molecule has 1 heterocycles. The zero-order valence-corrected chi connectivity index (χ0v) is 34.3. The topological polar surface area (TPSA) is 50.2 Å². The van der Waals surface area contributed by atoms with Crippen LogP contribution in [0.3, 0.4) is 0 Å². The van der Waals surface area contributed by atoms with Crippen molar-refractivity contribution in [1.29, 1.82) is 0 Å². The number of nitrogens with zero attached hydrogens (tertiary/aromatic N) is 1. The summed E-state index contributed by atoms with van der Waals surface area (Å²) in [6, 6.07) is 30.5. The van der Waals surface area contributed by atoms with Crippen LogP contribution in [0.15, 0.2) is 90.8 Å². The second-order valence-electron chi connectivity index (χ2n) is 15.2. The van der Waals surface area contributed by atoms with E-state index in [1.54, 1.807) is 0 Å². The third-order valence-corrected chi connectivity index (χ3v) is 10.0. The SMILES string of the molecule is CCC(CC)C(=O)/C=C(\O)C(CC)CC.Cc1[c-]c(-c2cc3c(cn2)-c2cccc4cccc(c24)-c2cc(CC(C)(C)C)ccc2-3)cc(C)c1.[Ir]. The van der Waals surface area contributed by atoms with Crippen LogP contribution in [0.4, 0.5) is 0 Å². The molecule has 0 unspecified atom stereocenters. The number of allylic oxidation sites excluding steroid dienone is 2. The minimum Gasteiger partial charge on any atom is -0.512 e. The van der Waals surface area contributed by atoms with Crippen LogP contribution in [0.1, 0.15) is 90.8 Å². The predicted molar refractivity (Wildman–Crippen MR) is 212 cm³/mol. The van der Waals surface area contributed by atoms with Crippen molar-refractivity contribution in [2.45, 2.75) is 94.4 Å². The van der Waals surface area contributed by atoms with E-state index in [0.29, 0.717) is 0 Å². The Morgan fingerprint density at radius 3 is 1.96 bits per heavy atom. The molecule has 0 spiro atoms. The second-order valence-corrected chi connectivity index (χ2v) is 15.2. The van der Waals surface area contributed by atoms with Gasteiger partial charge in [0.1, 0.15) is 0 Å². The van der Waals surface area contributed by atoms with Gasteiger partial charge in [-0.15, -0.1) is 34.9 Å². The molecule has 4 aromatic carbocycles. The summed E-state index contributed by atoms with van der Waals surface area (Å²) >= 11 is 0. The number of aliphatic hydroxyl groups is 1. The van der Waals surface area contributed by atoms with Crippen molar-refractivity contribution in [3.8, 4) is 44.6 Å². The standard InChI is InChI=1S/C34H30N.C13H24O2.Ir/c1-21-14-22(2)16-25(15-21)32-18-30-26-13-12-23(19-34(3,4)5)17-29(26)27-10-6-8-24-9-7-11-28(33(24)27)31(30)20-35-32;1-5-10(6-2)12(14)9-13(15)11(7-3)8-4;/h6-15,17-18,20H,19H2,1-5H3;9-11,14H,5-8H2,1-4H3;/q-1;;/b;12-9-;. The molecule has 1 radical (unpaired) electrons.